The van der Waals surface area contributed by atoms with E-state index in [0.29, 0.717) is 37.1 Å². The smallest absolute Gasteiger partial charge is 0.270 e. The Labute approximate surface area is 157 Å². The summed E-state index contributed by atoms with van der Waals surface area (Å²) in [5.41, 5.74) is 3.66. The number of fused-ring (bicyclic) bond motifs is 1. The lowest BCUT2D eigenvalue weighted by Crippen LogP contribution is -2.37. The number of rotatable bonds is 4. The fraction of sp³-hybridized carbons (Fsp3) is 0.368. The van der Waals surface area contributed by atoms with Crippen molar-refractivity contribution in [1.82, 2.24) is 24.7 Å². The molecule has 1 fully saturated rings. The molecule has 1 amide bonds. The van der Waals surface area contributed by atoms with Crippen molar-refractivity contribution in [3.63, 3.8) is 0 Å². The first-order chi connectivity index (χ1) is 13.1. The number of hydrogen-bond donors (Lipinski definition) is 1. The fourth-order valence-electron chi connectivity index (χ4n) is 3.25. The summed E-state index contributed by atoms with van der Waals surface area (Å²) in [5.74, 6) is 0.518. The van der Waals surface area contributed by atoms with Crippen LogP contribution in [0, 0.1) is 13.8 Å². The summed E-state index contributed by atoms with van der Waals surface area (Å²) >= 11 is 0. The van der Waals surface area contributed by atoms with Gasteiger partial charge in [0.05, 0.1) is 31.1 Å². The summed E-state index contributed by atoms with van der Waals surface area (Å²) in [7, 11) is 0. The molecule has 0 saturated carbocycles. The summed E-state index contributed by atoms with van der Waals surface area (Å²) in [6.45, 7) is 7.01. The number of carbonyl (C=O) groups is 1. The van der Waals surface area contributed by atoms with E-state index in [1.54, 1.807) is 4.40 Å². The van der Waals surface area contributed by atoms with Crippen LogP contribution in [-0.2, 0) is 11.3 Å². The Morgan fingerprint density at radius 2 is 2.00 bits per heavy atom. The van der Waals surface area contributed by atoms with Crippen molar-refractivity contribution in [2.24, 2.45) is 0 Å². The predicted molar refractivity (Wildman–Crippen MR) is 101 cm³/mol. The normalized spacial score (nSPS) is 14.5. The molecular formula is C19H22N6O2. The zero-order valence-corrected chi connectivity index (χ0v) is 15.5. The molecule has 27 heavy (non-hydrogen) atoms. The molecule has 8 heteroatoms. The minimum atomic E-state index is -0.171. The fourth-order valence-corrected chi connectivity index (χ4v) is 3.25. The van der Waals surface area contributed by atoms with Crippen molar-refractivity contribution >= 4 is 17.5 Å². The maximum absolute atomic E-state index is 12.7. The molecule has 4 rings (SSSR count). The first-order valence-electron chi connectivity index (χ1n) is 9.01. The van der Waals surface area contributed by atoms with Gasteiger partial charge >= 0.3 is 0 Å². The second-order valence-corrected chi connectivity index (χ2v) is 6.56. The minimum absolute atomic E-state index is 0.171. The van der Waals surface area contributed by atoms with E-state index in [4.69, 9.17) is 4.74 Å². The van der Waals surface area contributed by atoms with E-state index in [9.17, 15) is 4.79 Å². The molecule has 4 heterocycles. The van der Waals surface area contributed by atoms with Gasteiger partial charge < -0.3 is 15.0 Å². The lowest BCUT2D eigenvalue weighted by atomic mass is 10.3. The number of hydrogen-bond acceptors (Lipinski definition) is 6. The third-order valence-corrected chi connectivity index (χ3v) is 4.54. The average Bonchev–Trinajstić information content (AvgIpc) is 3.02. The van der Waals surface area contributed by atoms with Gasteiger partial charge in [0.2, 0.25) is 5.95 Å². The Hall–Kier alpha value is -3.00. The molecule has 0 bridgehead atoms. The van der Waals surface area contributed by atoms with Crippen LogP contribution in [0.15, 0.2) is 30.5 Å². The van der Waals surface area contributed by atoms with E-state index >= 15 is 0 Å². The van der Waals surface area contributed by atoms with Crippen LogP contribution in [0.25, 0.3) is 5.65 Å². The van der Waals surface area contributed by atoms with Gasteiger partial charge in [-0.1, -0.05) is 6.07 Å². The molecular weight excluding hydrogens is 344 g/mol. The van der Waals surface area contributed by atoms with Crippen LogP contribution >= 0.6 is 0 Å². The van der Waals surface area contributed by atoms with Crippen LogP contribution in [0.3, 0.4) is 0 Å². The standard InChI is InChI=1S/C19H22N6O2/c1-13-11-15(23-19(21-13)24-7-9-27-10-8-24)12-20-18(26)17-14(2)22-16-5-3-4-6-25(16)17/h3-6,11H,7-10,12H2,1-2H3,(H,20,26). The van der Waals surface area contributed by atoms with E-state index < -0.39 is 0 Å². The summed E-state index contributed by atoms with van der Waals surface area (Å²) in [5, 5.41) is 2.96. The van der Waals surface area contributed by atoms with Gasteiger partial charge in [-0.05, 0) is 32.0 Å². The van der Waals surface area contributed by atoms with Crippen molar-refractivity contribution in [1.29, 1.82) is 0 Å². The molecule has 0 atom stereocenters. The molecule has 0 radical (unpaired) electrons. The van der Waals surface area contributed by atoms with Crippen molar-refractivity contribution in [3.05, 3.63) is 53.2 Å². The molecule has 140 valence electrons. The maximum atomic E-state index is 12.7. The number of anilines is 1. The van der Waals surface area contributed by atoms with Crippen LogP contribution in [-0.4, -0.2) is 51.6 Å². The number of amides is 1. The van der Waals surface area contributed by atoms with Gasteiger partial charge in [-0.25, -0.2) is 15.0 Å². The van der Waals surface area contributed by atoms with Crippen molar-refractivity contribution in [2.75, 3.05) is 31.2 Å². The number of imidazole rings is 1. The summed E-state index contributed by atoms with van der Waals surface area (Å²) < 4.78 is 7.19. The van der Waals surface area contributed by atoms with Crippen LogP contribution in [0.4, 0.5) is 5.95 Å². The first-order valence-corrected chi connectivity index (χ1v) is 9.01. The predicted octanol–water partition coefficient (Wildman–Crippen LogP) is 1.51. The number of aromatic nitrogens is 4. The Bertz CT molecular complexity index is 977. The van der Waals surface area contributed by atoms with Crippen molar-refractivity contribution < 1.29 is 9.53 Å². The SMILES string of the molecule is Cc1cc(CNC(=O)c2c(C)nc3ccccn23)nc(N2CCOCC2)n1. The van der Waals surface area contributed by atoms with E-state index in [-0.39, 0.29) is 5.91 Å². The lowest BCUT2D eigenvalue weighted by Gasteiger charge is -2.27. The molecule has 1 N–H and O–H groups in total. The van der Waals surface area contributed by atoms with Gasteiger partial charge in [0, 0.05) is 25.0 Å². The molecule has 1 aliphatic heterocycles. The molecule has 8 nitrogen and oxygen atoms in total. The number of nitrogens with zero attached hydrogens (tertiary/aromatic N) is 5. The molecule has 0 aliphatic carbocycles. The lowest BCUT2D eigenvalue weighted by molar-refractivity contribution is 0.0944. The Balaban J connectivity index is 1.52. The van der Waals surface area contributed by atoms with Crippen molar-refractivity contribution in [3.8, 4) is 0 Å². The van der Waals surface area contributed by atoms with Gasteiger partial charge in [0.25, 0.3) is 5.91 Å². The highest BCUT2D eigenvalue weighted by Gasteiger charge is 2.18. The average molecular weight is 366 g/mol. The first kappa shape index (κ1) is 17.4. The third kappa shape index (κ3) is 3.61. The molecule has 1 saturated heterocycles. The van der Waals surface area contributed by atoms with Gasteiger partial charge in [-0.3, -0.25) is 9.20 Å². The highest BCUT2D eigenvalue weighted by atomic mass is 16.5. The zero-order chi connectivity index (χ0) is 18.8. The third-order valence-electron chi connectivity index (χ3n) is 4.54. The van der Waals surface area contributed by atoms with E-state index in [1.807, 2.05) is 44.3 Å². The number of nitrogens with one attached hydrogen (secondary N) is 1. The number of carbonyl (C=O) groups excluding carboxylic acids is 1. The Morgan fingerprint density at radius 3 is 2.81 bits per heavy atom. The summed E-state index contributed by atoms with van der Waals surface area (Å²) in [6, 6.07) is 7.56. The molecule has 0 aromatic carbocycles. The Kier molecular flexibility index (Phi) is 4.72. The highest BCUT2D eigenvalue weighted by Crippen LogP contribution is 2.14. The van der Waals surface area contributed by atoms with E-state index in [2.05, 4.69) is 25.2 Å². The minimum Gasteiger partial charge on any atom is -0.378 e. The number of aryl methyl sites for hydroxylation is 2. The maximum Gasteiger partial charge on any atom is 0.270 e. The zero-order valence-electron chi connectivity index (χ0n) is 15.5. The van der Waals surface area contributed by atoms with Crippen LogP contribution in [0.5, 0.6) is 0 Å². The number of pyridine rings is 1. The van der Waals surface area contributed by atoms with Gasteiger partial charge in [0.1, 0.15) is 11.3 Å². The molecule has 3 aromatic heterocycles. The monoisotopic (exact) mass is 366 g/mol. The number of ether oxygens (including phenoxy) is 1. The van der Waals surface area contributed by atoms with Crippen LogP contribution < -0.4 is 10.2 Å². The van der Waals surface area contributed by atoms with Crippen molar-refractivity contribution in [2.45, 2.75) is 20.4 Å². The Morgan fingerprint density at radius 1 is 1.19 bits per heavy atom. The van der Waals surface area contributed by atoms with Crippen LogP contribution in [0.1, 0.15) is 27.6 Å². The van der Waals surface area contributed by atoms with Crippen LogP contribution in [0.2, 0.25) is 0 Å². The van der Waals surface area contributed by atoms with Gasteiger partial charge in [0.15, 0.2) is 0 Å². The topological polar surface area (TPSA) is 84.7 Å². The summed E-state index contributed by atoms with van der Waals surface area (Å²) in [4.78, 5) is 28.4. The molecule has 1 aliphatic rings. The summed E-state index contributed by atoms with van der Waals surface area (Å²) in [6.07, 6.45) is 1.84. The van der Waals surface area contributed by atoms with E-state index in [0.717, 1.165) is 30.1 Å². The highest BCUT2D eigenvalue weighted by molar-refractivity contribution is 5.94. The second kappa shape index (κ2) is 7.32. The quantitative estimate of drug-likeness (QED) is 0.753. The van der Waals surface area contributed by atoms with Gasteiger partial charge in [-0.15, -0.1) is 0 Å². The van der Waals surface area contributed by atoms with E-state index in [1.165, 1.54) is 0 Å². The molecule has 0 unspecified atom stereocenters. The molecule has 3 aromatic rings. The second-order valence-electron chi connectivity index (χ2n) is 6.56. The largest absolute Gasteiger partial charge is 0.378 e. The number of morpholine rings is 1. The molecule has 0 spiro atoms. The van der Waals surface area contributed by atoms with Gasteiger partial charge in [-0.2, -0.15) is 0 Å².